The second-order valence-electron chi connectivity index (χ2n) is 4.62. The van der Waals surface area contributed by atoms with E-state index in [2.05, 4.69) is 0 Å². The average Bonchev–Trinajstić information content (AvgIpc) is 2.51. The molecule has 1 atom stereocenters. The van der Waals surface area contributed by atoms with E-state index < -0.39 is 6.04 Å². The van der Waals surface area contributed by atoms with Crippen molar-refractivity contribution < 1.29 is 9.18 Å². The second-order valence-corrected chi connectivity index (χ2v) is 4.62. The molecule has 19 heavy (non-hydrogen) atoms. The summed E-state index contributed by atoms with van der Waals surface area (Å²) in [6.07, 6.45) is 0. The molecule has 2 aromatic rings. The maximum absolute atomic E-state index is 13.4. The highest BCUT2D eigenvalue weighted by Crippen LogP contribution is 2.38. The Labute approximate surface area is 110 Å². The Morgan fingerprint density at radius 2 is 1.89 bits per heavy atom. The molecule has 1 amide bonds. The van der Waals surface area contributed by atoms with Crippen molar-refractivity contribution in [2.45, 2.75) is 6.04 Å². The average molecular weight is 256 g/mol. The molecule has 2 aromatic carbocycles. The lowest BCUT2D eigenvalue weighted by molar-refractivity contribution is -0.119. The van der Waals surface area contributed by atoms with Gasteiger partial charge in [-0.15, -0.1) is 0 Å². The van der Waals surface area contributed by atoms with Crippen LogP contribution < -0.4 is 10.6 Å². The van der Waals surface area contributed by atoms with Gasteiger partial charge in [-0.2, -0.15) is 0 Å². The van der Waals surface area contributed by atoms with Crippen LogP contribution in [-0.2, 0) is 4.79 Å². The van der Waals surface area contributed by atoms with E-state index in [0.29, 0.717) is 5.56 Å². The fourth-order valence-electron chi connectivity index (χ4n) is 2.49. The van der Waals surface area contributed by atoms with Crippen molar-refractivity contribution in [2.75, 3.05) is 11.9 Å². The molecular formula is C15H13FN2O. The van der Waals surface area contributed by atoms with Gasteiger partial charge in [0, 0.05) is 12.6 Å². The van der Waals surface area contributed by atoms with Gasteiger partial charge in [-0.3, -0.25) is 4.79 Å². The van der Waals surface area contributed by atoms with Gasteiger partial charge < -0.3 is 10.6 Å². The third kappa shape index (κ3) is 1.72. The van der Waals surface area contributed by atoms with Crippen molar-refractivity contribution in [3.8, 4) is 11.1 Å². The van der Waals surface area contributed by atoms with Gasteiger partial charge >= 0.3 is 0 Å². The van der Waals surface area contributed by atoms with E-state index in [4.69, 9.17) is 5.73 Å². The van der Waals surface area contributed by atoms with Crippen molar-refractivity contribution in [2.24, 2.45) is 5.73 Å². The van der Waals surface area contributed by atoms with Crippen LogP contribution in [0.3, 0.4) is 0 Å². The van der Waals surface area contributed by atoms with Crippen LogP contribution in [0.4, 0.5) is 10.1 Å². The lowest BCUT2D eigenvalue weighted by Gasteiger charge is -2.19. The number of nitrogens with zero attached hydrogens (tertiary/aromatic N) is 1. The Hall–Kier alpha value is -2.20. The van der Waals surface area contributed by atoms with Crippen LogP contribution in [0.5, 0.6) is 0 Å². The number of rotatable bonds is 0. The van der Waals surface area contributed by atoms with Crippen molar-refractivity contribution in [3.63, 3.8) is 0 Å². The SMILES string of the molecule is CN1C(=O)[C@H](N)c2cc(F)ccc2-c2ccccc21. The summed E-state index contributed by atoms with van der Waals surface area (Å²) in [6.45, 7) is 0. The fourth-order valence-corrected chi connectivity index (χ4v) is 2.49. The molecule has 2 N–H and O–H groups in total. The number of fused-ring (bicyclic) bond motifs is 3. The zero-order valence-corrected chi connectivity index (χ0v) is 10.4. The number of carbonyl (C=O) groups excluding carboxylic acids is 1. The van der Waals surface area contributed by atoms with Crippen LogP contribution in [0.15, 0.2) is 42.5 Å². The van der Waals surface area contributed by atoms with Crippen molar-refractivity contribution in [3.05, 3.63) is 53.8 Å². The van der Waals surface area contributed by atoms with Crippen LogP contribution >= 0.6 is 0 Å². The quantitative estimate of drug-likeness (QED) is 0.787. The van der Waals surface area contributed by atoms with Gasteiger partial charge in [-0.25, -0.2) is 4.39 Å². The minimum atomic E-state index is -0.844. The first-order valence-electron chi connectivity index (χ1n) is 6.01. The Bertz CT molecular complexity index is 669. The Morgan fingerprint density at radius 3 is 2.68 bits per heavy atom. The number of amides is 1. The highest BCUT2D eigenvalue weighted by atomic mass is 19.1. The van der Waals surface area contributed by atoms with E-state index in [9.17, 15) is 9.18 Å². The first-order chi connectivity index (χ1) is 9.09. The zero-order chi connectivity index (χ0) is 13.6. The number of benzene rings is 2. The zero-order valence-electron chi connectivity index (χ0n) is 10.4. The molecule has 0 saturated carbocycles. The molecule has 0 fully saturated rings. The molecule has 0 aromatic heterocycles. The number of likely N-dealkylation sites (N-methyl/N-ethyl adjacent to an activating group) is 1. The lowest BCUT2D eigenvalue weighted by Crippen LogP contribution is -2.34. The smallest absolute Gasteiger partial charge is 0.248 e. The molecule has 4 heteroatoms. The minimum absolute atomic E-state index is 0.239. The van der Waals surface area contributed by atoms with E-state index in [1.165, 1.54) is 17.0 Å². The van der Waals surface area contributed by atoms with E-state index >= 15 is 0 Å². The molecule has 0 saturated heterocycles. The Morgan fingerprint density at radius 1 is 1.16 bits per heavy atom. The lowest BCUT2D eigenvalue weighted by atomic mass is 9.95. The van der Waals surface area contributed by atoms with Gasteiger partial charge in [0.05, 0.1) is 5.69 Å². The third-order valence-corrected chi connectivity index (χ3v) is 3.50. The number of carbonyl (C=O) groups is 1. The molecule has 1 aliphatic rings. The van der Waals surface area contributed by atoms with Crippen LogP contribution in [0.25, 0.3) is 11.1 Å². The van der Waals surface area contributed by atoms with Crippen molar-refractivity contribution >= 4 is 11.6 Å². The predicted octanol–water partition coefficient (Wildman–Crippen LogP) is 2.47. The number of hydrogen-bond acceptors (Lipinski definition) is 2. The molecule has 0 unspecified atom stereocenters. The van der Waals surface area contributed by atoms with Crippen molar-refractivity contribution in [1.82, 2.24) is 0 Å². The van der Waals surface area contributed by atoms with E-state index in [-0.39, 0.29) is 11.7 Å². The number of para-hydroxylation sites is 1. The molecule has 3 rings (SSSR count). The van der Waals surface area contributed by atoms with Gasteiger partial charge in [0.2, 0.25) is 5.91 Å². The fraction of sp³-hybridized carbons (Fsp3) is 0.133. The monoisotopic (exact) mass is 256 g/mol. The molecule has 0 radical (unpaired) electrons. The normalized spacial score (nSPS) is 17.7. The van der Waals surface area contributed by atoms with Gasteiger partial charge in [-0.1, -0.05) is 24.3 Å². The molecule has 0 spiro atoms. The summed E-state index contributed by atoms with van der Waals surface area (Å²) in [6, 6.07) is 11.1. The van der Waals surface area contributed by atoms with Crippen LogP contribution in [0, 0.1) is 5.82 Å². The predicted molar refractivity (Wildman–Crippen MR) is 72.2 cm³/mol. The topological polar surface area (TPSA) is 46.3 Å². The summed E-state index contributed by atoms with van der Waals surface area (Å²) >= 11 is 0. The third-order valence-electron chi connectivity index (χ3n) is 3.50. The summed E-state index contributed by atoms with van der Waals surface area (Å²) in [5.74, 6) is -0.624. The van der Waals surface area contributed by atoms with Crippen LogP contribution in [-0.4, -0.2) is 13.0 Å². The van der Waals surface area contributed by atoms with E-state index in [1.54, 1.807) is 13.1 Å². The first-order valence-corrected chi connectivity index (χ1v) is 6.01. The van der Waals surface area contributed by atoms with Gasteiger partial charge in [-0.05, 0) is 29.3 Å². The van der Waals surface area contributed by atoms with E-state index in [1.807, 2.05) is 24.3 Å². The molecular weight excluding hydrogens is 243 g/mol. The number of hydrogen-bond donors (Lipinski definition) is 1. The Balaban J connectivity index is 2.36. The summed E-state index contributed by atoms with van der Waals surface area (Å²) in [4.78, 5) is 13.8. The molecule has 96 valence electrons. The van der Waals surface area contributed by atoms with Crippen molar-refractivity contribution in [1.29, 1.82) is 0 Å². The largest absolute Gasteiger partial charge is 0.316 e. The minimum Gasteiger partial charge on any atom is -0.316 e. The molecule has 1 heterocycles. The summed E-state index contributed by atoms with van der Waals surface area (Å²) < 4.78 is 13.4. The molecule has 3 nitrogen and oxygen atoms in total. The van der Waals surface area contributed by atoms with Gasteiger partial charge in [0.1, 0.15) is 11.9 Å². The van der Waals surface area contributed by atoms with E-state index in [0.717, 1.165) is 16.8 Å². The summed E-state index contributed by atoms with van der Waals surface area (Å²) in [7, 11) is 1.68. The molecule has 0 aliphatic carbocycles. The van der Waals surface area contributed by atoms with Gasteiger partial charge in [0.15, 0.2) is 0 Å². The number of anilines is 1. The van der Waals surface area contributed by atoms with Crippen LogP contribution in [0.1, 0.15) is 11.6 Å². The molecule has 0 bridgehead atoms. The first kappa shape index (κ1) is 11.9. The standard InChI is InChI=1S/C15H13FN2O/c1-18-13-5-3-2-4-11(13)10-7-6-9(16)8-12(10)14(17)15(18)19/h2-8,14H,17H2,1H3/t14-/m1/s1. The maximum Gasteiger partial charge on any atom is 0.248 e. The second kappa shape index (κ2) is 4.17. The highest BCUT2D eigenvalue weighted by Gasteiger charge is 2.29. The summed E-state index contributed by atoms with van der Waals surface area (Å²) in [5, 5.41) is 0. The number of nitrogens with two attached hydrogens (primary N) is 1. The van der Waals surface area contributed by atoms with Gasteiger partial charge in [0.25, 0.3) is 0 Å². The highest BCUT2D eigenvalue weighted by molar-refractivity contribution is 6.04. The number of halogens is 1. The van der Waals surface area contributed by atoms with Crippen LogP contribution in [0.2, 0.25) is 0 Å². The molecule has 1 aliphatic heterocycles. The Kier molecular flexibility index (Phi) is 2.61. The summed E-state index contributed by atoms with van der Waals surface area (Å²) in [5.41, 5.74) is 8.98. The maximum atomic E-state index is 13.4.